The third kappa shape index (κ3) is 5.95. The fourth-order valence-electron chi connectivity index (χ4n) is 1.39. The second-order valence-corrected chi connectivity index (χ2v) is 5.26. The highest BCUT2D eigenvalue weighted by molar-refractivity contribution is 5.67. The van der Waals surface area contributed by atoms with Crippen molar-refractivity contribution in [3.05, 3.63) is 21.6 Å². The quantitative estimate of drug-likeness (QED) is 0.383. The molecule has 0 unspecified atom stereocenters. The molecule has 0 saturated heterocycles. The second kappa shape index (κ2) is 6.74. The summed E-state index contributed by atoms with van der Waals surface area (Å²) in [6.07, 6.45) is -0.187. The Kier molecular flexibility index (Phi) is 5.30. The summed E-state index contributed by atoms with van der Waals surface area (Å²) in [5.74, 6) is 5.54. The average Bonchev–Trinajstić information content (AvgIpc) is 2.68. The van der Waals surface area contributed by atoms with Crippen molar-refractivity contribution in [2.24, 2.45) is 0 Å². The zero-order valence-electron chi connectivity index (χ0n) is 12.4. The lowest BCUT2D eigenvalue weighted by atomic mass is 10.2. The molecule has 0 radical (unpaired) electrons. The first kappa shape index (κ1) is 16.5. The number of carbonyl (C=O) groups is 1. The number of nitrogens with zero attached hydrogens (tertiary/aromatic N) is 2. The van der Waals surface area contributed by atoms with E-state index in [1.807, 2.05) is 0 Å². The van der Waals surface area contributed by atoms with Crippen molar-refractivity contribution in [1.29, 1.82) is 0 Å². The van der Waals surface area contributed by atoms with E-state index in [2.05, 4.69) is 27.1 Å². The molecular formula is C13H18N4O4. The Balaban J connectivity index is 2.47. The molecular weight excluding hydrogens is 276 g/mol. The monoisotopic (exact) mass is 294 g/mol. The molecule has 0 aliphatic rings. The van der Waals surface area contributed by atoms with Gasteiger partial charge in [0.25, 0.3) is 0 Å². The number of ether oxygens (including phenoxy) is 1. The Morgan fingerprint density at radius 3 is 2.76 bits per heavy atom. The minimum Gasteiger partial charge on any atom is -0.444 e. The van der Waals surface area contributed by atoms with E-state index in [1.165, 1.54) is 0 Å². The number of nitrogens with one attached hydrogen (secondary N) is 2. The van der Waals surface area contributed by atoms with Gasteiger partial charge in [-0.05, 0) is 31.6 Å². The van der Waals surface area contributed by atoms with E-state index in [0.717, 1.165) is 0 Å². The largest absolute Gasteiger partial charge is 0.444 e. The lowest BCUT2D eigenvalue weighted by Crippen LogP contribution is -2.32. The topological polar surface area (TPSA) is 110 Å². The zero-order chi connectivity index (χ0) is 16.0. The Labute approximate surface area is 122 Å². The summed E-state index contributed by atoms with van der Waals surface area (Å²) < 4.78 is 5.05. The van der Waals surface area contributed by atoms with E-state index in [-0.39, 0.29) is 11.5 Å². The van der Waals surface area contributed by atoms with Crippen molar-refractivity contribution in [1.82, 2.24) is 15.3 Å². The maximum absolute atomic E-state index is 11.4. The maximum atomic E-state index is 11.4. The zero-order valence-corrected chi connectivity index (χ0v) is 12.4. The summed E-state index contributed by atoms with van der Waals surface area (Å²) >= 11 is 0. The van der Waals surface area contributed by atoms with Crippen LogP contribution < -0.4 is 5.32 Å². The van der Waals surface area contributed by atoms with Crippen LogP contribution in [0.1, 0.15) is 38.7 Å². The van der Waals surface area contributed by atoms with Crippen LogP contribution >= 0.6 is 0 Å². The van der Waals surface area contributed by atoms with E-state index in [1.54, 1.807) is 27.7 Å². The number of imidazole rings is 1. The number of aromatic amines is 1. The van der Waals surface area contributed by atoms with Crippen LogP contribution in [-0.2, 0) is 4.74 Å². The van der Waals surface area contributed by atoms with Crippen molar-refractivity contribution in [2.75, 3.05) is 6.54 Å². The summed E-state index contributed by atoms with van der Waals surface area (Å²) in [5, 5.41) is 13.3. The van der Waals surface area contributed by atoms with Crippen molar-refractivity contribution in [3.8, 4) is 11.8 Å². The highest BCUT2D eigenvalue weighted by Crippen LogP contribution is 2.13. The van der Waals surface area contributed by atoms with Crippen LogP contribution in [0.3, 0.4) is 0 Å². The molecule has 1 heterocycles. The van der Waals surface area contributed by atoms with Crippen molar-refractivity contribution in [3.63, 3.8) is 0 Å². The number of hydrogen-bond acceptors (Lipinski definition) is 5. The Morgan fingerprint density at radius 2 is 2.19 bits per heavy atom. The molecule has 1 aromatic rings. The van der Waals surface area contributed by atoms with Gasteiger partial charge in [0, 0.05) is 19.9 Å². The van der Waals surface area contributed by atoms with Gasteiger partial charge < -0.3 is 20.2 Å². The molecule has 0 atom stereocenters. The normalized spacial score (nSPS) is 10.5. The fourth-order valence-corrected chi connectivity index (χ4v) is 1.39. The van der Waals surface area contributed by atoms with Gasteiger partial charge in [0.15, 0.2) is 5.82 Å². The molecule has 0 saturated carbocycles. The maximum Gasteiger partial charge on any atom is 0.407 e. The summed E-state index contributed by atoms with van der Waals surface area (Å²) in [6, 6.07) is 0. The molecule has 114 valence electrons. The highest BCUT2D eigenvalue weighted by Gasteiger charge is 2.16. The number of aromatic nitrogens is 2. The van der Waals surface area contributed by atoms with Crippen LogP contribution in [0, 0.1) is 28.9 Å². The Bertz CT molecular complexity index is 590. The molecule has 21 heavy (non-hydrogen) atoms. The average molecular weight is 294 g/mol. The molecule has 1 rings (SSSR count). The predicted octanol–water partition coefficient (Wildman–Crippen LogP) is 1.89. The predicted molar refractivity (Wildman–Crippen MR) is 75.7 cm³/mol. The van der Waals surface area contributed by atoms with Gasteiger partial charge in [-0.15, -0.1) is 0 Å². The van der Waals surface area contributed by atoms with Crippen molar-refractivity contribution in [2.45, 2.75) is 39.7 Å². The number of H-pyrrole nitrogens is 1. The standard InChI is InChI=1S/C13H18N4O4/c1-9-15-10(11(16-9)17(19)20)7-5-6-8-14-12(18)21-13(2,3)4/h6,8H2,1-4H3,(H,14,18)(H,15,16). The lowest BCUT2D eigenvalue weighted by molar-refractivity contribution is -0.389. The first-order chi connectivity index (χ1) is 9.69. The van der Waals surface area contributed by atoms with E-state index >= 15 is 0 Å². The van der Waals surface area contributed by atoms with E-state index in [0.29, 0.717) is 18.8 Å². The van der Waals surface area contributed by atoms with Crippen molar-refractivity contribution < 1.29 is 14.5 Å². The molecule has 0 aliphatic heterocycles. The van der Waals surface area contributed by atoms with Crippen molar-refractivity contribution >= 4 is 11.9 Å². The molecule has 1 amide bonds. The number of hydrogen-bond donors (Lipinski definition) is 2. The van der Waals surface area contributed by atoms with Gasteiger partial charge in [-0.1, -0.05) is 5.92 Å². The van der Waals surface area contributed by atoms with Gasteiger partial charge in [-0.3, -0.25) is 0 Å². The third-order valence-corrected chi connectivity index (χ3v) is 2.11. The van der Waals surface area contributed by atoms with Gasteiger partial charge in [0.05, 0.1) is 0 Å². The first-order valence-corrected chi connectivity index (χ1v) is 6.36. The number of rotatable bonds is 3. The molecule has 0 fully saturated rings. The van der Waals surface area contributed by atoms with Gasteiger partial charge in [-0.25, -0.2) is 9.78 Å². The molecule has 0 bridgehead atoms. The van der Waals surface area contributed by atoms with Crippen LogP contribution in [0.15, 0.2) is 0 Å². The number of nitro groups is 1. The molecule has 0 aromatic carbocycles. The molecule has 2 N–H and O–H groups in total. The lowest BCUT2D eigenvalue weighted by Gasteiger charge is -2.19. The minimum absolute atomic E-state index is 0.0924. The summed E-state index contributed by atoms with van der Waals surface area (Å²) in [5.41, 5.74) is -0.460. The third-order valence-electron chi connectivity index (χ3n) is 2.11. The van der Waals surface area contributed by atoms with Crippen LogP contribution in [0.4, 0.5) is 10.6 Å². The molecule has 1 aromatic heterocycles. The van der Waals surface area contributed by atoms with Crippen LogP contribution in [-0.4, -0.2) is 33.1 Å². The number of aryl methyl sites for hydroxylation is 1. The Morgan fingerprint density at radius 1 is 1.52 bits per heavy atom. The summed E-state index contributed by atoms with van der Waals surface area (Å²) in [7, 11) is 0. The van der Waals surface area contributed by atoms with E-state index in [4.69, 9.17) is 4.74 Å². The summed E-state index contributed by atoms with van der Waals surface area (Å²) in [4.78, 5) is 28.0. The number of alkyl carbamates (subject to hydrolysis) is 1. The number of carbonyl (C=O) groups excluding carboxylic acids is 1. The van der Waals surface area contributed by atoms with Gasteiger partial charge in [0.2, 0.25) is 5.69 Å². The smallest absolute Gasteiger partial charge is 0.407 e. The van der Waals surface area contributed by atoms with Gasteiger partial charge in [0.1, 0.15) is 5.60 Å². The molecule has 0 aliphatic carbocycles. The minimum atomic E-state index is -0.567. The van der Waals surface area contributed by atoms with E-state index < -0.39 is 16.6 Å². The van der Waals surface area contributed by atoms with Gasteiger partial charge >= 0.3 is 11.9 Å². The van der Waals surface area contributed by atoms with Crippen LogP contribution in [0.25, 0.3) is 0 Å². The molecule has 8 heteroatoms. The SMILES string of the molecule is Cc1nc(C#CCCNC(=O)OC(C)(C)C)c([N+](=O)[O-])[nH]1. The first-order valence-electron chi connectivity index (χ1n) is 6.36. The second-order valence-electron chi connectivity index (χ2n) is 5.26. The highest BCUT2D eigenvalue weighted by atomic mass is 16.6. The van der Waals surface area contributed by atoms with Gasteiger partial charge in [-0.2, -0.15) is 4.98 Å². The fraction of sp³-hybridized carbons (Fsp3) is 0.538. The van der Waals surface area contributed by atoms with Crippen LogP contribution in [0.5, 0.6) is 0 Å². The molecule has 8 nitrogen and oxygen atoms in total. The Hall–Kier alpha value is -2.56. The van der Waals surface area contributed by atoms with E-state index in [9.17, 15) is 14.9 Å². The van der Waals surface area contributed by atoms with Crippen LogP contribution in [0.2, 0.25) is 0 Å². The number of amides is 1. The molecule has 0 spiro atoms. The summed E-state index contributed by atoms with van der Waals surface area (Å²) in [6.45, 7) is 7.21.